The van der Waals surface area contributed by atoms with E-state index in [-0.39, 0.29) is 0 Å². The zero-order valence-corrected chi connectivity index (χ0v) is 11.1. The number of hydrogen-bond acceptors (Lipinski definition) is 3. The third-order valence-corrected chi connectivity index (χ3v) is 3.07. The third-order valence-electron chi connectivity index (χ3n) is 2.59. The molecule has 0 amide bonds. The summed E-state index contributed by atoms with van der Waals surface area (Å²) in [6.07, 6.45) is 0. The molecule has 17 heavy (non-hydrogen) atoms. The molecule has 0 heterocycles. The van der Waals surface area contributed by atoms with Gasteiger partial charge in [-0.15, -0.1) is 0 Å². The minimum atomic E-state index is -4.22. The summed E-state index contributed by atoms with van der Waals surface area (Å²) in [5.74, 6) is 0. The van der Waals surface area contributed by atoms with E-state index in [1.807, 2.05) is 26.0 Å². The number of benzene rings is 1. The van der Waals surface area contributed by atoms with Gasteiger partial charge < -0.3 is 4.90 Å². The molecule has 0 spiro atoms. The van der Waals surface area contributed by atoms with Crippen LogP contribution in [0.3, 0.4) is 0 Å². The van der Waals surface area contributed by atoms with Crippen LogP contribution in [0.4, 0.5) is 11.4 Å². The van der Waals surface area contributed by atoms with Gasteiger partial charge in [0.25, 0.3) is 0 Å². The van der Waals surface area contributed by atoms with Crippen molar-refractivity contribution in [2.75, 3.05) is 22.7 Å². The zero-order valence-electron chi connectivity index (χ0n) is 10.3. The lowest BCUT2D eigenvalue weighted by Gasteiger charge is -2.22. The maximum absolute atomic E-state index is 10.8. The molecule has 0 bridgehead atoms. The molecule has 6 heteroatoms. The van der Waals surface area contributed by atoms with Crippen molar-refractivity contribution < 1.29 is 13.0 Å². The highest BCUT2D eigenvalue weighted by atomic mass is 32.2. The summed E-state index contributed by atoms with van der Waals surface area (Å²) >= 11 is 0. The maximum atomic E-state index is 10.8. The fourth-order valence-electron chi connectivity index (χ4n) is 1.64. The Morgan fingerprint density at radius 3 is 2.35 bits per heavy atom. The van der Waals surface area contributed by atoms with E-state index in [9.17, 15) is 8.42 Å². The first-order valence-electron chi connectivity index (χ1n) is 5.48. The predicted molar refractivity (Wildman–Crippen MR) is 69.9 cm³/mol. The minimum absolute atomic E-state index is 0.400. The Labute approximate surface area is 102 Å². The molecule has 96 valence electrons. The van der Waals surface area contributed by atoms with Gasteiger partial charge >= 0.3 is 10.3 Å². The molecular weight excluding hydrogens is 240 g/mol. The predicted octanol–water partition coefficient (Wildman–Crippen LogP) is 2.06. The lowest BCUT2D eigenvalue weighted by molar-refractivity contribution is 0.489. The second-order valence-electron chi connectivity index (χ2n) is 3.75. The molecule has 0 aliphatic rings. The Hall–Kier alpha value is -1.27. The molecule has 0 fully saturated rings. The molecule has 1 aromatic rings. The van der Waals surface area contributed by atoms with E-state index in [1.54, 1.807) is 13.0 Å². The second-order valence-corrected chi connectivity index (χ2v) is 4.90. The van der Waals surface area contributed by atoms with Crippen LogP contribution in [0.15, 0.2) is 18.2 Å². The van der Waals surface area contributed by atoms with Gasteiger partial charge in [-0.3, -0.25) is 9.27 Å². The van der Waals surface area contributed by atoms with Gasteiger partial charge in [-0.1, -0.05) is 6.07 Å². The van der Waals surface area contributed by atoms with Crippen molar-refractivity contribution in [3.8, 4) is 0 Å². The van der Waals surface area contributed by atoms with Crippen molar-refractivity contribution >= 4 is 21.7 Å². The van der Waals surface area contributed by atoms with Crippen molar-refractivity contribution in [1.82, 2.24) is 0 Å². The van der Waals surface area contributed by atoms with Gasteiger partial charge in [-0.2, -0.15) is 8.42 Å². The Kier molecular flexibility index (Phi) is 4.36. The lowest BCUT2D eigenvalue weighted by Crippen LogP contribution is -2.22. The first kappa shape index (κ1) is 13.8. The van der Waals surface area contributed by atoms with Crippen molar-refractivity contribution in [2.24, 2.45) is 0 Å². The van der Waals surface area contributed by atoms with E-state index in [2.05, 4.69) is 9.62 Å². The quantitative estimate of drug-likeness (QED) is 0.793. The molecule has 0 saturated carbocycles. The summed E-state index contributed by atoms with van der Waals surface area (Å²) in [6, 6.07) is 5.47. The van der Waals surface area contributed by atoms with Gasteiger partial charge in [0.05, 0.1) is 5.69 Å². The average molecular weight is 258 g/mol. The van der Waals surface area contributed by atoms with Gasteiger partial charge in [-0.05, 0) is 38.5 Å². The summed E-state index contributed by atoms with van der Waals surface area (Å²) in [7, 11) is -4.22. The Bertz CT molecular complexity index is 481. The van der Waals surface area contributed by atoms with Crippen LogP contribution in [0.2, 0.25) is 0 Å². The zero-order chi connectivity index (χ0) is 13.1. The van der Waals surface area contributed by atoms with E-state index in [4.69, 9.17) is 4.55 Å². The van der Waals surface area contributed by atoms with Crippen LogP contribution in [0.25, 0.3) is 0 Å². The van der Waals surface area contributed by atoms with Crippen molar-refractivity contribution in [2.45, 2.75) is 20.8 Å². The van der Waals surface area contributed by atoms with Crippen LogP contribution >= 0.6 is 0 Å². The molecule has 0 aromatic heterocycles. The highest BCUT2D eigenvalue weighted by molar-refractivity contribution is 7.87. The molecule has 0 aliphatic heterocycles. The van der Waals surface area contributed by atoms with Gasteiger partial charge in [0, 0.05) is 18.8 Å². The first-order valence-corrected chi connectivity index (χ1v) is 6.92. The normalized spacial score (nSPS) is 11.3. The van der Waals surface area contributed by atoms with E-state index >= 15 is 0 Å². The summed E-state index contributed by atoms with van der Waals surface area (Å²) in [5, 5.41) is 0. The van der Waals surface area contributed by atoms with E-state index in [0.717, 1.165) is 24.3 Å². The molecule has 1 rings (SSSR count). The Balaban J connectivity index is 3.10. The minimum Gasteiger partial charge on any atom is -0.372 e. The highest BCUT2D eigenvalue weighted by Crippen LogP contribution is 2.23. The molecule has 0 aliphatic carbocycles. The topological polar surface area (TPSA) is 69.6 Å². The number of hydrogen-bond donors (Lipinski definition) is 2. The summed E-state index contributed by atoms with van der Waals surface area (Å²) in [5.41, 5.74) is 2.09. The van der Waals surface area contributed by atoms with Crippen LogP contribution in [-0.4, -0.2) is 26.1 Å². The number of anilines is 2. The van der Waals surface area contributed by atoms with E-state index in [0.29, 0.717) is 5.69 Å². The summed E-state index contributed by atoms with van der Waals surface area (Å²) in [4.78, 5) is 2.09. The number of nitrogens with zero attached hydrogens (tertiary/aromatic N) is 1. The van der Waals surface area contributed by atoms with Crippen LogP contribution in [0.1, 0.15) is 19.4 Å². The van der Waals surface area contributed by atoms with Crippen molar-refractivity contribution in [3.63, 3.8) is 0 Å². The van der Waals surface area contributed by atoms with Crippen LogP contribution in [0.5, 0.6) is 0 Å². The summed E-state index contributed by atoms with van der Waals surface area (Å²) < 4.78 is 32.5. The van der Waals surface area contributed by atoms with Crippen molar-refractivity contribution in [1.29, 1.82) is 0 Å². The fourth-order valence-corrected chi connectivity index (χ4v) is 2.14. The molecule has 0 atom stereocenters. The van der Waals surface area contributed by atoms with Gasteiger partial charge in [0.2, 0.25) is 0 Å². The number of nitrogens with one attached hydrogen (secondary N) is 1. The molecule has 1 aromatic carbocycles. The Morgan fingerprint density at radius 2 is 1.88 bits per heavy atom. The van der Waals surface area contributed by atoms with E-state index < -0.39 is 10.3 Å². The van der Waals surface area contributed by atoms with Crippen LogP contribution in [0, 0.1) is 6.92 Å². The first-order chi connectivity index (χ1) is 7.87. The van der Waals surface area contributed by atoms with Gasteiger partial charge in [0.15, 0.2) is 0 Å². The second kappa shape index (κ2) is 5.37. The molecule has 2 N–H and O–H groups in total. The van der Waals surface area contributed by atoms with E-state index in [1.165, 1.54) is 0 Å². The van der Waals surface area contributed by atoms with Crippen LogP contribution in [-0.2, 0) is 10.3 Å². The standard InChI is InChI=1S/C11H18N2O3S/c1-4-13(5-2)10-7-6-9(3)11(8-10)12-17(14,15)16/h6-8,12H,4-5H2,1-3H3,(H,14,15,16). The largest absolute Gasteiger partial charge is 0.372 e. The number of aryl methyl sites for hydroxylation is 1. The highest BCUT2D eigenvalue weighted by Gasteiger charge is 2.09. The smallest absolute Gasteiger partial charge is 0.357 e. The average Bonchev–Trinajstić information content (AvgIpc) is 2.22. The molecule has 0 saturated heterocycles. The fraction of sp³-hybridized carbons (Fsp3) is 0.455. The molecule has 5 nitrogen and oxygen atoms in total. The lowest BCUT2D eigenvalue weighted by atomic mass is 10.1. The maximum Gasteiger partial charge on any atom is 0.357 e. The van der Waals surface area contributed by atoms with Crippen LogP contribution < -0.4 is 9.62 Å². The third kappa shape index (κ3) is 3.90. The molecule has 0 radical (unpaired) electrons. The Morgan fingerprint density at radius 1 is 1.29 bits per heavy atom. The van der Waals surface area contributed by atoms with Crippen molar-refractivity contribution in [3.05, 3.63) is 23.8 Å². The molecule has 0 unspecified atom stereocenters. The summed E-state index contributed by atoms with van der Waals surface area (Å²) in [6.45, 7) is 7.51. The van der Waals surface area contributed by atoms with Gasteiger partial charge in [0.1, 0.15) is 0 Å². The SMILES string of the molecule is CCN(CC)c1ccc(C)c(NS(=O)(=O)O)c1. The van der Waals surface area contributed by atoms with Gasteiger partial charge in [-0.25, -0.2) is 0 Å². The monoisotopic (exact) mass is 258 g/mol. The molecular formula is C11H18N2O3S. The number of rotatable bonds is 5.